The van der Waals surface area contributed by atoms with Crippen LogP contribution in [0, 0.1) is 0 Å². The van der Waals surface area contributed by atoms with Crippen LogP contribution < -0.4 is 20.9 Å². The van der Waals surface area contributed by atoms with E-state index in [0.29, 0.717) is 11.5 Å². The standard InChI is InChI=1S/C12H20N2O2/c1-12(2,14)11(13)8-5-6-9(15-3)10(7-8)16-4/h5-7,11H,13-14H2,1-4H3. The van der Waals surface area contributed by atoms with Gasteiger partial charge in [0.1, 0.15) is 0 Å². The second kappa shape index (κ2) is 4.72. The Morgan fingerprint density at radius 1 is 1.12 bits per heavy atom. The van der Waals surface area contributed by atoms with E-state index in [4.69, 9.17) is 20.9 Å². The molecular weight excluding hydrogens is 204 g/mol. The Labute approximate surface area is 96.5 Å². The lowest BCUT2D eigenvalue weighted by atomic mass is 9.90. The summed E-state index contributed by atoms with van der Waals surface area (Å²) in [5.41, 5.74) is 12.5. The molecule has 0 radical (unpaired) electrons. The van der Waals surface area contributed by atoms with Gasteiger partial charge in [-0.05, 0) is 31.5 Å². The van der Waals surface area contributed by atoms with Gasteiger partial charge in [0.05, 0.1) is 14.2 Å². The lowest BCUT2D eigenvalue weighted by Crippen LogP contribution is -2.43. The number of hydrogen-bond acceptors (Lipinski definition) is 4. The van der Waals surface area contributed by atoms with Gasteiger partial charge in [0.15, 0.2) is 11.5 Å². The SMILES string of the molecule is COc1ccc(C(N)C(C)(C)N)cc1OC. The van der Waals surface area contributed by atoms with Crippen LogP contribution in [0.15, 0.2) is 18.2 Å². The molecule has 0 aromatic heterocycles. The Morgan fingerprint density at radius 3 is 2.12 bits per heavy atom. The van der Waals surface area contributed by atoms with E-state index in [9.17, 15) is 0 Å². The van der Waals surface area contributed by atoms with Crippen LogP contribution in [0.5, 0.6) is 11.5 Å². The predicted octanol–water partition coefficient (Wildman–Crippen LogP) is 1.44. The van der Waals surface area contributed by atoms with Gasteiger partial charge in [0.25, 0.3) is 0 Å². The van der Waals surface area contributed by atoms with E-state index in [2.05, 4.69) is 0 Å². The Balaban J connectivity index is 3.08. The summed E-state index contributed by atoms with van der Waals surface area (Å²) in [5.74, 6) is 1.35. The first-order valence-electron chi connectivity index (χ1n) is 5.16. The number of benzene rings is 1. The van der Waals surface area contributed by atoms with E-state index >= 15 is 0 Å². The van der Waals surface area contributed by atoms with Crippen molar-refractivity contribution in [3.8, 4) is 11.5 Å². The van der Waals surface area contributed by atoms with Gasteiger partial charge in [-0.3, -0.25) is 0 Å². The van der Waals surface area contributed by atoms with Crippen LogP contribution in [0.4, 0.5) is 0 Å². The van der Waals surface area contributed by atoms with E-state index in [-0.39, 0.29) is 6.04 Å². The molecule has 0 aliphatic carbocycles. The molecule has 0 fully saturated rings. The van der Waals surface area contributed by atoms with Gasteiger partial charge in [-0.25, -0.2) is 0 Å². The number of rotatable bonds is 4. The highest BCUT2D eigenvalue weighted by molar-refractivity contribution is 5.44. The first-order valence-corrected chi connectivity index (χ1v) is 5.16. The van der Waals surface area contributed by atoms with Gasteiger partial charge in [0.2, 0.25) is 0 Å². The van der Waals surface area contributed by atoms with Crippen molar-refractivity contribution in [2.75, 3.05) is 14.2 Å². The minimum absolute atomic E-state index is 0.243. The van der Waals surface area contributed by atoms with Crippen LogP contribution in [0.25, 0.3) is 0 Å². The summed E-state index contributed by atoms with van der Waals surface area (Å²) in [7, 11) is 3.20. The van der Waals surface area contributed by atoms with Gasteiger partial charge in [-0.1, -0.05) is 6.07 Å². The highest BCUT2D eigenvalue weighted by Gasteiger charge is 2.23. The smallest absolute Gasteiger partial charge is 0.161 e. The van der Waals surface area contributed by atoms with Crippen molar-refractivity contribution in [2.24, 2.45) is 11.5 Å². The number of ether oxygens (including phenoxy) is 2. The Morgan fingerprint density at radius 2 is 1.69 bits per heavy atom. The fourth-order valence-electron chi connectivity index (χ4n) is 1.48. The Kier molecular flexibility index (Phi) is 3.78. The molecule has 0 saturated carbocycles. The average molecular weight is 224 g/mol. The van der Waals surface area contributed by atoms with Gasteiger partial charge in [0, 0.05) is 11.6 Å². The van der Waals surface area contributed by atoms with Gasteiger partial charge in [-0.15, -0.1) is 0 Å². The third-order valence-electron chi connectivity index (χ3n) is 2.57. The molecule has 1 atom stereocenters. The number of nitrogens with two attached hydrogens (primary N) is 2. The molecule has 0 aliphatic heterocycles. The average Bonchev–Trinajstić information content (AvgIpc) is 2.25. The van der Waals surface area contributed by atoms with Crippen LogP contribution in [-0.4, -0.2) is 19.8 Å². The first kappa shape index (κ1) is 12.8. The van der Waals surface area contributed by atoms with E-state index in [1.165, 1.54) is 0 Å². The summed E-state index contributed by atoms with van der Waals surface area (Å²) in [4.78, 5) is 0. The molecular formula is C12H20N2O2. The molecule has 16 heavy (non-hydrogen) atoms. The number of hydrogen-bond donors (Lipinski definition) is 2. The third kappa shape index (κ3) is 2.65. The molecule has 4 heteroatoms. The molecule has 90 valence electrons. The molecule has 0 heterocycles. The summed E-state index contributed by atoms with van der Waals surface area (Å²) in [6.07, 6.45) is 0. The summed E-state index contributed by atoms with van der Waals surface area (Å²) in [6.45, 7) is 3.79. The van der Waals surface area contributed by atoms with E-state index in [1.54, 1.807) is 14.2 Å². The maximum absolute atomic E-state index is 6.07. The predicted molar refractivity (Wildman–Crippen MR) is 64.7 cm³/mol. The molecule has 0 saturated heterocycles. The fourth-order valence-corrected chi connectivity index (χ4v) is 1.48. The van der Waals surface area contributed by atoms with Crippen molar-refractivity contribution in [3.05, 3.63) is 23.8 Å². The largest absolute Gasteiger partial charge is 0.493 e. The number of methoxy groups -OCH3 is 2. The summed E-state index contributed by atoms with van der Waals surface area (Å²) in [6, 6.07) is 5.35. The minimum Gasteiger partial charge on any atom is -0.493 e. The van der Waals surface area contributed by atoms with E-state index < -0.39 is 5.54 Å². The monoisotopic (exact) mass is 224 g/mol. The molecule has 1 aromatic carbocycles. The molecule has 0 bridgehead atoms. The zero-order valence-electron chi connectivity index (χ0n) is 10.3. The van der Waals surface area contributed by atoms with E-state index in [0.717, 1.165) is 5.56 Å². The van der Waals surface area contributed by atoms with Crippen molar-refractivity contribution in [3.63, 3.8) is 0 Å². The molecule has 1 unspecified atom stereocenters. The van der Waals surface area contributed by atoms with Crippen LogP contribution in [0.2, 0.25) is 0 Å². The maximum atomic E-state index is 6.07. The molecule has 0 aliphatic rings. The second-order valence-electron chi connectivity index (χ2n) is 4.41. The van der Waals surface area contributed by atoms with Crippen molar-refractivity contribution < 1.29 is 9.47 Å². The minimum atomic E-state index is -0.473. The van der Waals surface area contributed by atoms with Gasteiger partial charge >= 0.3 is 0 Å². The van der Waals surface area contributed by atoms with Crippen molar-refractivity contribution >= 4 is 0 Å². The Bertz CT molecular complexity index is 359. The van der Waals surface area contributed by atoms with Crippen molar-refractivity contribution in [1.29, 1.82) is 0 Å². The quantitative estimate of drug-likeness (QED) is 0.812. The summed E-state index contributed by atoms with van der Waals surface area (Å²) < 4.78 is 10.4. The molecule has 0 spiro atoms. The van der Waals surface area contributed by atoms with Crippen LogP contribution in [0.3, 0.4) is 0 Å². The highest BCUT2D eigenvalue weighted by Crippen LogP contribution is 2.31. The maximum Gasteiger partial charge on any atom is 0.161 e. The van der Waals surface area contributed by atoms with Crippen molar-refractivity contribution in [2.45, 2.75) is 25.4 Å². The topological polar surface area (TPSA) is 70.5 Å². The Hall–Kier alpha value is -1.26. The molecule has 1 aromatic rings. The van der Waals surface area contributed by atoms with Gasteiger partial charge in [-0.2, -0.15) is 0 Å². The zero-order chi connectivity index (χ0) is 12.3. The second-order valence-corrected chi connectivity index (χ2v) is 4.41. The molecule has 1 rings (SSSR count). The lowest BCUT2D eigenvalue weighted by molar-refractivity contribution is 0.352. The van der Waals surface area contributed by atoms with Crippen LogP contribution in [0.1, 0.15) is 25.5 Å². The third-order valence-corrected chi connectivity index (χ3v) is 2.57. The fraction of sp³-hybridized carbons (Fsp3) is 0.500. The summed E-state index contributed by atoms with van der Waals surface area (Å²) in [5, 5.41) is 0. The zero-order valence-corrected chi connectivity index (χ0v) is 10.3. The van der Waals surface area contributed by atoms with Gasteiger partial charge < -0.3 is 20.9 Å². The molecule has 0 amide bonds. The van der Waals surface area contributed by atoms with E-state index in [1.807, 2.05) is 32.0 Å². The molecule has 4 nitrogen and oxygen atoms in total. The van der Waals surface area contributed by atoms with Crippen molar-refractivity contribution in [1.82, 2.24) is 0 Å². The lowest BCUT2D eigenvalue weighted by Gasteiger charge is -2.27. The summed E-state index contributed by atoms with van der Waals surface area (Å²) >= 11 is 0. The molecule has 4 N–H and O–H groups in total. The highest BCUT2D eigenvalue weighted by atomic mass is 16.5. The van der Waals surface area contributed by atoms with Crippen LogP contribution >= 0.6 is 0 Å². The van der Waals surface area contributed by atoms with Crippen LogP contribution in [-0.2, 0) is 0 Å². The first-order chi connectivity index (χ1) is 7.40. The normalized spacial score (nSPS) is 13.4.